The van der Waals surface area contributed by atoms with Crippen LogP contribution in [0.2, 0.25) is 10.0 Å². The second kappa shape index (κ2) is 7.77. The summed E-state index contributed by atoms with van der Waals surface area (Å²) in [6.45, 7) is 0. The SMILES string of the molecule is O=c1c2ccccc2nc(SCc2ccccc2)n1-c1ccc(Cl)c(Cl)c1. The number of aromatic nitrogens is 2. The Morgan fingerprint density at radius 2 is 1.63 bits per heavy atom. The Hall–Kier alpha value is -2.27. The Labute approximate surface area is 170 Å². The molecule has 4 aromatic rings. The minimum Gasteiger partial charge on any atom is -0.268 e. The lowest BCUT2D eigenvalue weighted by molar-refractivity contribution is 0.819. The van der Waals surface area contributed by atoms with E-state index < -0.39 is 0 Å². The highest BCUT2D eigenvalue weighted by Gasteiger charge is 2.14. The smallest absolute Gasteiger partial charge is 0.266 e. The Morgan fingerprint density at radius 1 is 0.889 bits per heavy atom. The molecule has 0 fully saturated rings. The highest BCUT2D eigenvalue weighted by atomic mass is 35.5. The van der Waals surface area contributed by atoms with Crippen LogP contribution in [0.4, 0.5) is 0 Å². The van der Waals surface area contributed by atoms with Gasteiger partial charge in [-0.2, -0.15) is 0 Å². The van der Waals surface area contributed by atoms with E-state index in [1.807, 2.05) is 36.4 Å². The molecule has 6 heteroatoms. The maximum Gasteiger partial charge on any atom is 0.266 e. The molecule has 3 nitrogen and oxygen atoms in total. The van der Waals surface area contributed by atoms with Crippen LogP contribution >= 0.6 is 35.0 Å². The second-order valence-electron chi connectivity index (χ2n) is 5.92. The molecule has 0 saturated heterocycles. The van der Waals surface area contributed by atoms with Gasteiger partial charge in [0.1, 0.15) is 0 Å². The molecule has 0 unspecified atom stereocenters. The van der Waals surface area contributed by atoms with E-state index in [4.69, 9.17) is 28.2 Å². The third-order valence-corrected chi connectivity index (χ3v) is 5.87. The van der Waals surface area contributed by atoms with Gasteiger partial charge in [-0.1, -0.05) is 77.4 Å². The molecule has 0 amide bonds. The second-order valence-corrected chi connectivity index (χ2v) is 7.68. The summed E-state index contributed by atoms with van der Waals surface area (Å²) in [5, 5.41) is 2.02. The molecular weight excluding hydrogens is 399 g/mol. The highest BCUT2D eigenvalue weighted by Crippen LogP contribution is 2.28. The van der Waals surface area contributed by atoms with Crippen LogP contribution in [-0.2, 0) is 5.75 Å². The average molecular weight is 413 g/mol. The number of hydrogen-bond acceptors (Lipinski definition) is 3. The molecule has 0 radical (unpaired) electrons. The van der Waals surface area contributed by atoms with Gasteiger partial charge in [-0.05, 0) is 35.9 Å². The third kappa shape index (κ3) is 3.74. The van der Waals surface area contributed by atoms with Crippen molar-refractivity contribution in [1.29, 1.82) is 0 Å². The van der Waals surface area contributed by atoms with Gasteiger partial charge in [0, 0.05) is 5.75 Å². The van der Waals surface area contributed by atoms with E-state index in [9.17, 15) is 4.79 Å². The number of nitrogens with zero attached hydrogens (tertiary/aromatic N) is 2. The zero-order valence-corrected chi connectivity index (χ0v) is 16.4. The quantitative estimate of drug-likeness (QED) is 0.305. The number of rotatable bonds is 4. The first kappa shape index (κ1) is 18.1. The van der Waals surface area contributed by atoms with Crippen molar-refractivity contribution in [2.24, 2.45) is 0 Å². The summed E-state index contributed by atoms with van der Waals surface area (Å²) in [5.41, 5.74) is 2.35. The summed E-state index contributed by atoms with van der Waals surface area (Å²) in [5.74, 6) is 0.701. The summed E-state index contributed by atoms with van der Waals surface area (Å²) < 4.78 is 1.60. The van der Waals surface area contributed by atoms with Gasteiger partial charge in [0.2, 0.25) is 0 Å². The fourth-order valence-corrected chi connectivity index (χ4v) is 4.04. The number of halogens is 2. The maximum absolute atomic E-state index is 13.2. The van der Waals surface area contributed by atoms with E-state index >= 15 is 0 Å². The van der Waals surface area contributed by atoms with Gasteiger partial charge in [0.15, 0.2) is 5.16 Å². The molecule has 0 atom stereocenters. The normalized spacial score (nSPS) is 11.0. The number of para-hydroxylation sites is 1. The monoisotopic (exact) mass is 412 g/mol. The van der Waals surface area contributed by atoms with Crippen LogP contribution in [0.1, 0.15) is 5.56 Å². The van der Waals surface area contributed by atoms with Crippen molar-refractivity contribution in [2.45, 2.75) is 10.9 Å². The zero-order valence-electron chi connectivity index (χ0n) is 14.1. The summed E-state index contributed by atoms with van der Waals surface area (Å²) in [7, 11) is 0. The van der Waals surface area contributed by atoms with Crippen molar-refractivity contribution in [3.8, 4) is 5.69 Å². The van der Waals surface area contributed by atoms with Crippen LogP contribution in [0.15, 0.2) is 82.7 Å². The van der Waals surface area contributed by atoms with Gasteiger partial charge >= 0.3 is 0 Å². The van der Waals surface area contributed by atoms with Gasteiger partial charge in [-0.15, -0.1) is 0 Å². The summed E-state index contributed by atoms with van der Waals surface area (Å²) in [6, 6.07) is 22.6. The van der Waals surface area contributed by atoms with E-state index in [1.54, 1.807) is 28.8 Å². The van der Waals surface area contributed by atoms with Crippen molar-refractivity contribution >= 4 is 45.9 Å². The lowest BCUT2D eigenvalue weighted by Gasteiger charge is -2.14. The van der Waals surface area contributed by atoms with Gasteiger partial charge in [0.05, 0.1) is 26.6 Å². The first-order chi connectivity index (χ1) is 13.1. The molecule has 1 aromatic heterocycles. The molecule has 0 spiro atoms. The molecule has 4 rings (SSSR count). The van der Waals surface area contributed by atoms with Crippen LogP contribution in [0.5, 0.6) is 0 Å². The van der Waals surface area contributed by atoms with Crippen LogP contribution in [0.3, 0.4) is 0 Å². The first-order valence-electron chi connectivity index (χ1n) is 8.27. The van der Waals surface area contributed by atoms with Gasteiger partial charge in [-0.3, -0.25) is 9.36 Å². The largest absolute Gasteiger partial charge is 0.268 e. The first-order valence-corrected chi connectivity index (χ1v) is 10.0. The number of hydrogen-bond donors (Lipinski definition) is 0. The molecule has 1 heterocycles. The van der Waals surface area contributed by atoms with Crippen molar-refractivity contribution in [3.05, 3.63) is 98.8 Å². The molecule has 134 valence electrons. The summed E-state index contributed by atoms with van der Waals surface area (Å²) in [6.07, 6.45) is 0. The van der Waals surface area contributed by atoms with Gasteiger partial charge in [0.25, 0.3) is 5.56 Å². The summed E-state index contributed by atoms with van der Waals surface area (Å²) in [4.78, 5) is 17.9. The molecule has 27 heavy (non-hydrogen) atoms. The van der Waals surface area contributed by atoms with Crippen molar-refractivity contribution in [1.82, 2.24) is 9.55 Å². The summed E-state index contributed by atoms with van der Waals surface area (Å²) >= 11 is 13.7. The van der Waals surface area contributed by atoms with Crippen molar-refractivity contribution in [3.63, 3.8) is 0 Å². The Balaban J connectivity index is 1.87. The van der Waals surface area contributed by atoms with Crippen molar-refractivity contribution < 1.29 is 0 Å². The predicted octanol–water partition coefficient (Wildman–Crippen LogP) is 5.98. The third-order valence-electron chi connectivity index (χ3n) is 4.12. The molecule has 0 saturated carbocycles. The van der Waals surface area contributed by atoms with Crippen LogP contribution < -0.4 is 5.56 Å². The number of benzene rings is 3. The van der Waals surface area contributed by atoms with E-state index in [0.29, 0.717) is 37.5 Å². The molecule has 0 aliphatic heterocycles. The van der Waals surface area contributed by atoms with Crippen LogP contribution in [0, 0.1) is 0 Å². The highest BCUT2D eigenvalue weighted by molar-refractivity contribution is 7.98. The fraction of sp³-hybridized carbons (Fsp3) is 0.0476. The average Bonchev–Trinajstić information content (AvgIpc) is 2.70. The lowest BCUT2D eigenvalue weighted by atomic mass is 10.2. The Morgan fingerprint density at radius 3 is 2.41 bits per heavy atom. The molecule has 0 aliphatic carbocycles. The lowest BCUT2D eigenvalue weighted by Crippen LogP contribution is -2.21. The van der Waals surface area contributed by atoms with E-state index in [1.165, 1.54) is 11.8 Å². The van der Waals surface area contributed by atoms with E-state index in [0.717, 1.165) is 5.56 Å². The van der Waals surface area contributed by atoms with E-state index in [2.05, 4.69) is 12.1 Å². The zero-order chi connectivity index (χ0) is 18.8. The van der Waals surface area contributed by atoms with Gasteiger partial charge < -0.3 is 0 Å². The minimum atomic E-state index is -0.130. The molecular formula is C21H14Cl2N2OS. The number of fused-ring (bicyclic) bond motifs is 1. The van der Waals surface area contributed by atoms with Crippen LogP contribution in [-0.4, -0.2) is 9.55 Å². The van der Waals surface area contributed by atoms with Crippen LogP contribution in [0.25, 0.3) is 16.6 Å². The maximum atomic E-state index is 13.2. The molecule has 0 aliphatic rings. The molecule has 3 aromatic carbocycles. The van der Waals surface area contributed by atoms with Crippen molar-refractivity contribution in [2.75, 3.05) is 0 Å². The minimum absolute atomic E-state index is 0.130. The predicted molar refractivity (Wildman–Crippen MR) is 113 cm³/mol. The molecule has 0 N–H and O–H groups in total. The molecule has 0 bridgehead atoms. The van der Waals surface area contributed by atoms with Gasteiger partial charge in [-0.25, -0.2) is 4.98 Å². The Kier molecular flexibility index (Phi) is 5.21. The topological polar surface area (TPSA) is 34.9 Å². The number of thioether (sulfide) groups is 1. The Bertz CT molecular complexity index is 1180. The standard InChI is InChI=1S/C21H14Cl2N2OS/c22-17-11-10-15(12-18(17)23)25-20(26)16-8-4-5-9-19(16)24-21(25)27-13-14-6-2-1-3-7-14/h1-12H,13H2. The van der Waals surface area contributed by atoms with E-state index in [-0.39, 0.29) is 5.56 Å². The fourth-order valence-electron chi connectivity index (χ4n) is 2.78.